The first kappa shape index (κ1) is 20.9. The molecule has 0 bridgehead atoms. The molecule has 1 aliphatic rings. The number of carbonyl (C=O) groups excluding carboxylic acids is 3. The van der Waals surface area contributed by atoms with E-state index >= 15 is 0 Å². The number of ether oxygens (including phenoxy) is 1. The summed E-state index contributed by atoms with van der Waals surface area (Å²) in [5.74, 6) is -0.945. The highest BCUT2D eigenvalue weighted by molar-refractivity contribution is 6.21. The van der Waals surface area contributed by atoms with E-state index in [1.807, 2.05) is 6.92 Å². The number of amides is 2. The summed E-state index contributed by atoms with van der Waals surface area (Å²) >= 11 is 0. The van der Waals surface area contributed by atoms with E-state index in [0.717, 1.165) is 11.1 Å². The van der Waals surface area contributed by atoms with Gasteiger partial charge in [0.15, 0.2) is 0 Å². The van der Waals surface area contributed by atoms with Crippen LogP contribution in [0.15, 0.2) is 42.6 Å². The molecule has 1 atom stereocenters. The van der Waals surface area contributed by atoms with Gasteiger partial charge in [0, 0.05) is 12.6 Å². The van der Waals surface area contributed by atoms with Crippen LogP contribution in [-0.2, 0) is 9.53 Å². The Hall–Kier alpha value is -3.82. The zero-order valence-electron chi connectivity index (χ0n) is 16.2. The molecule has 2 heterocycles. The van der Waals surface area contributed by atoms with E-state index in [9.17, 15) is 24.5 Å². The molecule has 0 aliphatic carbocycles. The van der Waals surface area contributed by atoms with E-state index in [1.165, 1.54) is 12.1 Å². The Morgan fingerprint density at radius 1 is 1.20 bits per heavy atom. The van der Waals surface area contributed by atoms with E-state index in [2.05, 4.69) is 10.3 Å². The van der Waals surface area contributed by atoms with Gasteiger partial charge in [-0.3, -0.25) is 29.4 Å². The Balaban J connectivity index is 1.47. The van der Waals surface area contributed by atoms with Crippen LogP contribution in [-0.4, -0.2) is 51.8 Å². The first-order valence-corrected chi connectivity index (χ1v) is 9.38. The normalized spacial score (nSPS) is 13.7. The third-order valence-electron chi connectivity index (χ3n) is 4.67. The summed E-state index contributed by atoms with van der Waals surface area (Å²) in [6.45, 7) is 1.88. The average molecular weight is 412 g/mol. The largest absolute Gasteiger partial charge is 0.463 e. The molecule has 1 aromatic carbocycles. The molecule has 2 amide bonds. The van der Waals surface area contributed by atoms with Gasteiger partial charge in [0.25, 0.3) is 17.5 Å². The number of nitro groups is 1. The summed E-state index contributed by atoms with van der Waals surface area (Å²) in [7, 11) is 0. The Bertz CT molecular complexity index is 941. The fraction of sp³-hybridized carbons (Fsp3) is 0.300. The van der Waals surface area contributed by atoms with Gasteiger partial charge < -0.3 is 10.1 Å². The number of pyridine rings is 1. The van der Waals surface area contributed by atoms with Crippen molar-refractivity contribution in [2.75, 3.05) is 18.5 Å². The van der Waals surface area contributed by atoms with E-state index in [0.29, 0.717) is 23.4 Å². The number of carbonyl (C=O) groups is 3. The van der Waals surface area contributed by atoms with Gasteiger partial charge in [0.2, 0.25) is 0 Å². The number of imide groups is 1. The van der Waals surface area contributed by atoms with Crippen LogP contribution < -0.4 is 5.32 Å². The number of hydrogen-bond donors (Lipinski definition) is 1. The number of rotatable bonds is 9. The highest BCUT2D eigenvalue weighted by Gasteiger charge is 2.35. The van der Waals surface area contributed by atoms with Gasteiger partial charge in [0.05, 0.1) is 28.5 Å². The quantitative estimate of drug-likeness (QED) is 0.287. The monoisotopic (exact) mass is 412 g/mol. The minimum absolute atomic E-state index is 0.0517. The number of nitrogens with zero attached hydrogens (tertiary/aromatic N) is 3. The lowest BCUT2D eigenvalue weighted by molar-refractivity contribution is -0.385. The molecule has 0 spiro atoms. The maximum absolute atomic E-state index is 12.3. The van der Waals surface area contributed by atoms with E-state index in [4.69, 9.17) is 4.74 Å². The van der Waals surface area contributed by atoms with Crippen LogP contribution >= 0.6 is 0 Å². The third kappa shape index (κ3) is 4.59. The second-order valence-electron chi connectivity index (χ2n) is 6.65. The SMILES string of the molecule is CCC(COC(=O)CCN1C(=O)c2ccccc2C1=O)Nc1ccc([N+](=O)[O-])cn1. The van der Waals surface area contributed by atoms with E-state index in [-0.39, 0.29) is 31.3 Å². The second-order valence-corrected chi connectivity index (χ2v) is 6.65. The van der Waals surface area contributed by atoms with Gasteiger partial charge in [-0.05, 0) is 24.6 Å². The molecule has 0 saturated carbocycles. The molecule has 1 unspecified atom stereocenters. The molecular formula is C20H20N4O6. The molecule has 1 aromatic heterocycles. The van der Waals surface area contributed by atoms with E-state index < -0.39 is 22.7 Å². The Kier molecular flexibility index (Phi) is 6.35. The number of benzene rings is 1. The van der Waals surface area contributed by atoms with Crippen LogP contribution in [0.3, 0.4) is 0 Å². The molecule has 0 radical (unpaired) electrons. The summed E-state index contributed by atoms with van der Waals surface area (Å²) in [6, 6.07) is 9.08. The predicted molar refractivity (Wildman–Crippen MR) is 106 cm³/mol. The van der Waals surface area contributed by atoms with Crippen molar-refractivity contribution >= 4 is 29.3 Å². The van der Waals surface area contributed by atoms with Crippen molar-refractivity contribution in [2.24, 2.45) is 0 Å². The summed E-state index contributed by atoms with van der Waals surface area (Å²) < 4.78 is 5.25. The minimum Gasteiger partial charge on any atom is -0.463 e. The Morgan fingerprint density at radius 2 is 1.87 bits per heavy atom. The lowest BCUT2D eigenvalue weighted by Gasteiger charge is -2.18. The van der Waals surface area contributed by atoms with Crippen LogP contribution in [0.25, 0.3) is 0 Å². The maximum Gasteiger partial charge on any atom is 0.307 e. The number of fused-ring (bicyclic) bond motifs is 1. The second kappa shape index (κ2) is 9.12. The zero-order valence-corrected chi connectivity index (χ0v) is 16.2. The lowest BCUT2D eigenvalue weighted by Crippen LogP contribution is -2.33. The molecule has 10 heteroatoms. The third-order valence-corrected chi connectivity index (χ3v) is 4.67. The van der Waals surface area contributed by atoms with Gasteiger partial charge in [-0.1, -0.05) is 19.1 Å². The van der Waals surface area contributed by atoms with Crippen molar-refractivity contribution in [1.29, 1.82) is 0 Å². The highest BCUT2D eigenvalue weighted by Crippen LogP contribution is 2.22. The van der Waals surface area contributed by atoms with Crippen LogP contribution in [0.1, 0.15) is 40.5 Å². The van der Waals surface area contributed by atoms with Crippen LogP contribution in [0.4, 0.5) is 11.5 Å². The molecule has 156 valence electrons. The van der Waals surface area contributed by atoms with Crippen molar-refractivity contribution in [2.45, 2.75) is 25.8 Å². The molecule has 0 fully saturated rings. The Morgan fingerprint density at radius 3 is 2.40 bits per heavy atom. The number of nitrogens with one attached hydrogen (secondary N) is 1. The standard InChI is InChI=1S/C20H20N4O6/c1-2-13(22-17-8-7-14(11-21-17)24(28)29)12-30-18(25)9-10-23-19(26)15-5-3-4-6-16(15)20(23)27/h3-8,11,13H,2,9-10,12H2,1H3,(H,21,22). The van der Waals surface area contributed by atoms with Crippen LogP contribution in [0.5, 0.6) is 0 Å². The zero-order chi connectivity index (χ0) is 21.7. The average Bonchev–Trinajstić information content (AvgIpc) is 3.00. The molecule has 1 aliphatic heterocycles. The van der Waals surface area contributed by atoms with Gasteiger partial charge in [-0.2, -0.15) is 0 Å². The van der Waals surface area contributed by atoms with Crippen molar-refractivity contribution in [3.63, 3.8) is 0 Å². The molecule has 1 N–H and O–H groups in total. The molecule has 2 aromatic rings. The summed E-state index contributed by atoms with van der Waals surface area (Å²) in [5, 5.41) is 13.7. The maximum atomic E-state index is 12.3. The first-order valence-electron chi connectivity index (χ1n) is 9.38. The Labute approximate surface area is 172 Å². The highest BCUT2D eigenvalue weighted by atomic mass is 16.6. The van der Waals surface area contributed by atoms with Crippen molar-refractivity contribution in [3.05, 3.63) is 63.8 Å². The fourth-order valence-electron chi connectivity index (χ4n) is 2.96. The summed E-state index contributed by atoms with van der Waals surface area (Å²) in [5.41, 5.74) is 0.552. The molecule has 0 saturated heterocycles. The lowest BCUT2D eigenvalue weighted by atomic mass is 10.1. The van der Waals surface area contributed by atoms with E-state index in [1.54, 1.807) is 24.3 Å². The number of hydrogen-bond acceptors (Lipinski definition) is 8. The summed E-state index contributed by atoms with van der Waals surface area (Å²) in [6.07, 6.45) is 1.64. The topological polar surface area (TPSA) is 132 Å². The number of aromatic nitrogens is 1. The van der Waals surface area contributed by atoms with Gasteiger partial charge in [-0.25, -0.2) is 4.98 Å². The molecule has 10 nitrogen and oxygen atoms in total. The van der Waals surface area contributed by atoms with Crippen LogP contribution in [0.2, 0.25) is 0 Å². The first-order chi connectivity index (χ1) is 14.4. The van der Waals surface area contributed by atoms with Crippen LogP contribution in [0, 0.1) is 10.1 Å². The summed E-state index contributed by atoms with van der Waals surface area (Å²) in [4.78, 5) is 51.8. The van der Waals surface area contributed by atoms with Gasteiger partial charge >= 0.3 is 5.97 Å². The van der Waals surface area contributed by atoms with Crippen molar-refractivity contribution in [3.8, 4) is 0 Å². The van der Waals surface area contributed by atoms with Crippen molar-refractivity contribution in [1.82, 2.24) is 9.88 Å². The molecule has 30 heavy (non-hydrogen) atoms. The molecular weight excluding hydrogens is 392 g/mol. The molecule has 3 rings (SSSR count). The smallest absolute Gasteiger partial charge is 0.307 e. The number of anilines is 1. The number of esters is 1. The van der Waals surface area contributed by atoms with Gasteiger partial charge in [-0.15, -0.1) is 0 Å². The predicted octanol–water partition coefficient (Wildman–Crippen LogP) is 2.41. The fourth-order valence-corrected chi connectivity index (χ4v) is 2.96. The van der Waals surface area contributed by atoms with Gasteiger partial charge in [0.1, 0.15) is 18.6 Å². The van der Waals surface area contributed by atoms with Crippen molar-refractivity contribution < 1.29 is 24.0 Å². The minimum atomic E-state index is -0.538.